The van der Waals surface area contributed by atoms with Crippen LogP contribution >= 0.6 is 0 Å². The number of nitrogens with one attached hydrogen (secondary N) is 1. The highest BCUT2D eigenvalue weighted by molar-refractivity contribution is 5.96. The molecule has 0 unspecified atom stereocenters. The lowest BCUT2D eigenvalue weighted by Crippen LogP contribution is -2.22. The van der Waals surface area contributed by atoms with Crippen molar-refractivity contribution in [1.29, 1.82) is 0 Å². The number of amides is 1. The SMILES string of the molecule is CNC(=O)c1ccc(C=O)c(-n2c(C)cc(O)cc2=O)c1.CO. The number of aromatic hydroxyl groups is 1. The number of aliphatic hydroxyl groups excluding tert-OH is 1. The molecule has 0 bridgehead atoms. The van der Waals surface area contributed by atoms with Crippen LogP contribution in [0.4, 0.5) is 0 Å². The summed E-state index contributed by atoms with van der Waals surface area (Å²) in [5.74, 6) is -0.470. The van der Waals surface area contributed by atoms with Gasteiger partial charge in [-0.25, -0.2) is 0 Å². The second kappa shape index (κ2) is 7.90. The van der Waals surface area contributed by atoms with E-state index < -0.39 is 5.56 Å². The van der Waals surface area contributed by atoms with Gasteiger partial charge in [-0.3, -0.25) is 19.0 Å². The van der Waals surface area contributed by atoms with E-state index in [4.69, 9.17) is 5.11 Å². The number of aryl methyl sites for hydroxylation is 1. The fourth-order valence-electron chi connectivity index (χ4n) is 2.12. The summed E-state index contributed by atoms with van der Waals surface area (Å²) in [5.41, 5.74) is 0.881. The van der Waals surface area contributed by atoms with E-state index in [9.17, 15) is 19.5 Å². The molecule has 0 spiro atoms. The van der Waals surface area contributed by atoms with E-state index >= 15 is 0 Å². The van der Waals surface area contributed by atoms with Crippen molar-refractivity contribution in [3.63, 3.8) is 0 Å². The first kappa shape index (κ1) is 18.1. The van der Waals surface area contributed by atoms with Crippen molar-refractivity contribution in [2.24, 2.45) is 0 Å². The van der Waals surface area contributed by atoms with Crippen molar-refractivity contribution in [2.75, 3.05) is 14.2 Å². The minimum absolute atomic E-state index is 0.149. The molecule has 7 heteroatoms. The van der Waals surface area contributed by atoms with E-state index in [0.29, 0.717) is 23.2 Å². The Kier molecular flexibility index (Phi) is 6.23. The van der Waals surface area contributed by atoms with E-state index in [1.54, 1.807) is 6.92 Å². The lowest BCUT2D eigenvalue weighted by molar-refractivity contribution is 0.0962. The Labute approximate surface area is 132 Å². The molecule has 2 aromatic rings. The minimum atomic E-state index is -0.482. The molecule has 122 valence electrons. The number of aldehydes is 1. The van der Waals surface area contributed by atoms with Crippen LogP contribution in [0.1, 0.15) is 26.4 Å². The first-order valence-electron chi connectivity index (χ1n) is 6.67. The molecule has 0 radical (unpaired) electrons. The third-order valence-corrected chi connectivity index (χ3v) is 3.09. The number of hydrogen-bond donors (Lipinski definition) is 3. The van der Waals surface area contributed by atoms with E-state index in [1.165, 1.54) is 35.9 Å². The third-order valence-electron chi connectivity index (χ3n) is 3.09. The largest absolute Gasteiger partial charge is 0.508 e. The summed E-state index contributed by atoms with van der Waals surface area (Å²) in [4.78, 5) is 34.9. The Balaban J connectivity index is 0.00000127. The Hall–Kier alpha value is -2.93. The topological polar surface area (TPSA) is 109 Å². The Morgan fingerprint density at radius 1 is 1.22 bits per heavy atom. The number of hydrogen-bond acceptors (Lipinski definition) is 5. The minimum Gasteiger partial charge on any atom is -0.508 e. The number of aliphatic hydroxyl groups is 1. The maximum Gasteiger partial charge on any atom is 0.259 e. The van der Waals surface area contributed by atoms with Crippen LogP contribution in [0.2, 0.25) is 0 Å². The summed E-state index contributed by atoms with van der Waals surface area (Å²) in [6.45, 7) is 1.63. The van der Waals surface area contributed by atoms with E-state index in [0.717, 1.165) is 13.2 Å². The summed E-state index contributed by atoms with van der Waals surface area (Å²) in [7, 11) is 2.49. The van der Waals surface area contributed by atoms with Gasteiger partial charge in [-0.15, -0.1) is 0 Å². The molecule has 0 saturated heterocycles. The zero-order valence-corrected chi connectivity index (χ0v) is 13.0. The van der Waals surface area contributed by atoms with Gasteiger partial charge in [0.05, 0.1) is 5.69 Å². The maximum atomic E-state index is 12.1. The predicted octanol–water partition coefficient (Wildman–Crippen LogP) is 0.632. The summed E-state index contributed by atoms with van der Waals surface area (Å²) < 4.78 is 1.27. The third kappa shape index (κ3) is 3.83. The first-order valence-corrected chi connectivity index (χ1v) is 6.67. The summed E-state index contributed by atoms with van der Waals surface area (Å²) in [6.07, 6.45) is 0.613. The fourth-order valence-corrected chi connectivity index (χ4v) is 2.12. The number of rotatable bonds is 3. The van der Waals surface area contributed by atoms with Crippen molar-refractivity contribution >= 4 is 12.2 Å². The zero-order valence-electron chi connectivity index (χ0n) is 13.0. The van der Waals surface area contributed by atoms with Crippen LogP contribution in [0.25, 0.3) is 5.69 Å². The Bertz CT molecular complexity index is 781. The van der Waals surface area contributed by atoms with Crippen molar-refractivity contribution < 1.29 is 19.8 Å². The molecule has 1 heterocycles. The normalized spacial score (nSPS) is 9.57. The lowest BCUT2D eigenvalue weighted by atomic mass is 10.1. The Morgan fingerprint density at radius 3 is 2.39 bits per heavy atom. The van der Waals surface area contributed by atoms with Gasteiger partial charge in [-0.05, 0) is 31.2 Å². The number of pyridine rings is 1. The van der Waals surface area contributed by atoms with Crippen molar-refractivity contribution in [3.8, 4) is 11.4 Å². The number of nitrogens with zero attached hydrogens (tertiary/aromatic N) is 1. The highest BCUT2D eigenvalue weighted by Crippen LogP contribution is 2.18. The first-order chi connectivity index (χ1) is 11.0. The van der Waals surface area contributed by atoms with Crippen molar-refractivity contribution in [3.05, 3.63) is 57.5 Å². The van der Waals surface area contributed by atoms with E-state index in [-0.39, 0.29) is 17.2 Å². The smallest absolute Gasteiger partial charge is 0.259 e. The zero-order chi connectivity index (χ0) is 17.6. The average Bonchev–Trinajstić information content (AvgIpc) is 2.55. The van der Waals surface area contributed by atoms with Gasteiger partial charge < -0.3 is 15.5 Å². The molecule has 3 N–H and O–H groups in total. The van der Waals surface area contributed by atoms with Crippen molar-refractivity contribution in [1.82, 2.24) is 9.88 Å². The molecule has 0 aliphatic rings. The van der Waals surface area contributed by atoms with Gasteiger partial charge in [0, 0.05) is 37.0 Å². The highest BCUT2D eigenvalue weighted by Gasteiger charge is 2.13. The second-order valence-corrected chi connectivity index (χ2v) is 4.50. The van der Waals surface area contributed by atoms with Crippen molar-refractivity contribution in [2.45, 2.75) is 6.92 Å². The van der Waals surface area contributed by atoms with Gasteiger partial charge in [0.15, 0.2) is 6.29 Å². The molecule has 1 amide bonds. The fraction of sp³-hybridized carbons (Fsp3) is 0.188. The summed E-state index contributed by atoms with van der Waals surface area (Å²) in [6, 6.07) is 6.91. The van der Waals surface area contributed by atoms with Gasteiger partial charge in [-0.2, -0.15) is 0 Å². The number of benzene rings is 1. The van der Waals surface area contributed by atoms with E-state index in [2.05, 4.69) is 5.32 Å². The van der Waals surface area contributed by atoms with Crippen LogP contribution in [0.5, 0.6) is 5.75 Å². The highest BCUT2D eigenvalue weighted by atomic mass is 16.3. The average molecular weight is 318 g/mol. The standard InChI is InChI=1S/C15H14N2O4.CH4O/c1-9-5-12(19)7-14(20)17(9)13-6-10(15(21)16-2)3-4-11(13)8-18;1-2/h3-8,19H,1-2H3,(H,16,21);2H,1H3. The van der Waals surface area contributed by atoms with Crippen LogP contribution in [-0.4, -0.2) is 41.1 Å². The molecule has 0 aliphatic heterocycles. The molecule has 0 atom stereocenters. The van der Waals surface area contributed by atoms with Gasteiger partial charge in [-0.1, -0.05) is 0 Å². The molecule has 0 fully saturated rings. The Morgan fingerprint density at radius 2 is 1.87 bits per heavy atom. The van der Waals surface area contributed by atoms with Gasteiger partial charge in [0.2, 0.25) is 0 Å². The number of carbonyl (C=O) groups excluding carboxylic acids is 2. The molecule has 1 aromatic heterocycles. The molecule has 23 heavy (non-hydrogen) atoms. The van der Waals surface area contributed by atoms with Crippen LogP contribution in [-0.2, 0) is 0 Å². The quantitative estimate of drug-likeness (QED) is 0.719. The summed E-state index contributed by atoms with van der Waals surface area (Å²) >= 11 is 0. The monoisotopic (exact) mass is 318 g/mol. The van der Waals surface area contributed by atoms with Gasteiger partial charge in [0.25, 0.3) is 11.5 Å². The van der Waals surface area contributed by atoms with Crippen LogP contribution < -0.4 is 10.9 Å². The van der Waals surface area contributed by atoms with Crippen LogP contribution in [0.3, 0.4) is 0 Å². The molecule has 0 saturated carbocycles. The van der Waals surface area contributed by atoms with E-state index in [1.807, 2.05) is 0 Å². The van der Waals surface area contributed by atoms with Gasteiger partial charge in [0.1, 0.15) is 5.75 Å². The van der Waals surface area contributed by atoms with Gasteiger partial charge >= 0.3 is 0 Å². The maximum absolute atomic E-state index is 12.1. The molecule has 1 aromatic carbocycles. The lowest BCUT2D eigenvalue weighted by Gasteiger charge is -2.13. The number of aromatic nitrogens is 1. The van der Waals surface area contributed by atoms with Crippen LogP contribution in [0.15, 0.2) is 35.1 Å². The molecule has 2 rings (SSSR count). The molecular weight excluding hydrogens is 300 g/mol. The van der Waals surface area contributed by atoms with Crippen LogP contribution in [0, 0.1) is 6.92 Å². The summed E-state index contributed by atoms with van der Waals surface area (Å²) in [5, 5.41) is 18.9. The molecule has 7 nitrogen and oxygen atoms in total. The molecular formula is C16H18N2O5. The molecule has 0 aliphatic carbocycles. The predicted molar refractivity (Wildman–Crippen MR) is 85.4 cm³/mol. The second-order valence-electron chi connectivity index (χ2n) is 4.50. The number of carbonyl (C=O) groups is 2.